The molecule has 0 aliphatic rings. The Kier molecular flexibility index (Phi) is 3.06. The lowest BCUT2D eigenvalue weighted by atomic mass is 9.63. The minimum absolute atomic E-state index is 0.608. The molecule has 0 fully saturated rings. The average molecular weight is 303 g/mol. The molecule has 0 saturated carbocycles. The van der Waals surface area contributed by atoms with Gasteiger partial charge in [0.05, 0.1) is 23.7 Å². The number of nitrogens with two attached hydrogens (primary N) is 1. The van der Waals surface area contributed by atoms with Crippen molar-refractivity contribution in [2.75, 3.05) is 5.73 Å². The van der Waals surface area contributed by atoms with E-state index in [0.717, 1.165) is 32.9 Å². The molecule has 112 valence electrons. The van der Waals surface area contributed by atoms with Crippen molar-refractivity contribution in [1.29, 1.82) is 0 Å². The van der Waals surface area contributed by atoms with Gasteiger partial charge in [0.15, 0.2) is 0 Å². The third-order valence-corrected chi connectivity index (χ3v) is 4.03. The zero-order chi connectivity index (χ0) is 16.0. The van der Waals surface area contributed by atoms with Crippen molar-refractivity contribution < 1.29 is 9.44 Å². The standard InChI is InChI=1S/C17H14BN3O2/c1-18(22)14-7-12(6-11-4-5-23-17(11)14)10-2-3-13-15(19)9-20-21-16(13)8-10/h2-9,22H,1H3,(H2,19,21). The molecule has 4 aromatic rings. The van der Waals surface area contributed by atoms with E-state index in [4.69, 9.17) is 10.2 Å². The minimum Gasteiger partial charge on any atom is -0.465 e. The van der Waals surface area contributed by atoms with Crippen LogP contribution in [0.1, 0.15) is 0 Å². The van der Waals surface area contributed by atoms with E-state index in [2.05, 4.69) is 10.2 Å². The van der Waals surface area contributed by atoms with Crippen LogP contribution >= 0.6 is 0 Å². The fraction of sp³-hybridized carbons (Fsp3) is 0.0588. The van der Waals surface area contributed by atoms with Crippen molar-refractivity contribution in [1.82, 2.24) is 10.2 Å². The van der Waals surface area contributed by atoms with E-state index in [1.165, 1.54) is 0 Å². The van der Waals surface area contributed by atoms with Gasteiger partial charge < -0.3 is 15.2 Å². The highest BCUT2D eigenvalue weighted by atomic mass is 16.3. The molecule has 0 atom stereocenters. The molecular weight excluding hydrogens is 289 g/mol. The molecule has 2 aromatic heterocycles. The van der Waals surface area contributed by atoms with Gasteiger partial charge in [0.25, 0.3) is 0 Å². The number of aromatic nitrogens is 2. The van der Waals surface area contributed by atoms with Gasteiger partial charge in [-0.3, -0.25) is 0 Å². The van der Waals surface area contributed by atoms with Crippen LogP contribution in [0.15, 0.2) is 53.3 Å². The molecule has 0 spiro atoms. The van der Waals surface area contributed by atoms with Gasteiger partial charge in [-0.2, -0.15) is 10.2 Å². The fourth-order valence-electron chi connectivity index (χ4n) is 2.85. The molecule has 0 aliphatic carbocycles. The molecule has 0 unspecified atom stereocenters. The Morgan fingerprint density at radius 1 is 1.13 bits per heavy atom. The summed E-state index contributed by atoms with van der Waals surface area (Å²) in [6.07, 6.45) is 3.18. The van der Waals surface area contributed by atoms with Crippen LogP contribution in [0.2, 0.25) is 6.82 Å². The maximum absolute atomic E-state index is 10.0. The van der Waals surface area contributed by atoms with E-state index in [-0.39, 0.29) is 0 Å². The van der Waals surface area contributed by atoms with Crippen LogP contribution in [0.5, 0.6) is 0 Å². The van der Waals surface area contributed by atoms with Crippen molar-refractivity contribution in [3.63, 3.8) is 0 Å². The third kappa shape index (κ3) is 2.24. The highest BCUT2D eigenvalue weighted by Gasteiger charge is 2.16. The second-order valence-electron chi connectivity index (χ2n) is 5.61. The molecule has 3 N–H and O–H groups in total. The van der Waals surface area contributed by atoms with Gasteiger partial charge in [-0.25, -0.2) is 0 Å². The van der Waals surface area contributed by atoms with Gasteiger partial charge in [-0.05, 0) is 40.9 Å². The summed E-state index contributed by atoms with van der Waals surface area (Å²) in [5, 5.41) is 19.9. The molecule has 4 rings (SSSR count). The Hall–Kier alpha value is -2.86. The second kappa shape index (κ2) is 5.10. The smallest absolute Gasteiger partial charge is 0.324 e. The first-order valence-corrected chi connectivity index (χ1v) is 7.34. The first kappa shape index (κ1) is 13.8. The van der Waals surface area contributed by atoms with E-state index in [9.17, 15) is 5.02 Å². The van der Waals surface area contributed by atoms with Crippen molar-refractivity contribution in [2.45, 2.75) is 6.82 Å². The number of hydrogen-bond acceptors (Lipinski definition) is 5. The van der Waals surface area contributed by atoms with Crippen LogP contribution in [-0.2, 0) is 0 Å². The molecular formula is C17H14BN3O2. The summed E-state index contributed by atoms with van der Waals surface area (Å²) in [4.78, 5) is 0. The highest BCUT2D eigenvalue weighted by molar-refractivity contribution is 6.67. The SMILES string of the molecule is CB(O)c1cc(-c2ccc3c(N)cnnc3c2)cc2ccoc12. The molecule has 5 nitrogen and oxygen atoms in total. The monoisotopic (exact) mass is 303 g/mol. The average Bonchev–Trinajstić information content (AvgIpc) is 3.02. The van der Waals surface area contributed by atoms with Gasteiger partial charge in [-0.1, -0.05) is 19.0 Å². The summed E-state index contributed by atoms with van der Waals surface area (Å²) in [6.45, 7) is 1.12. The summed E-state index contributed by atoms with van der Waals surface area (Å²) in [5.41, 5.74) is 10.7. The lowest BCUT2D eigenvalue weighted by Gasteiger charge is -2.09. The molecule has 0 amide bonds. The van der Waals surface area contributed by atoms with E-state index in [1.807, 2.05) is 36.4 Å². The van der Waals surface area contributed by atoms with Gasteiger partial charge in [0.2, 0.25) is 0 Å². The van der Waals surface area contributed by atoms with Crippen LogP contribution in [0.4, 0.5) is 5.69 Å². The number of nitrogens with zero attached hydrogens (tertiary/aromatic N) is 2. The predicted molar refractivity (Wildman–Crippen MR) is 92.6 cm³/mol. The topological polar surface area (TPSA) is 85.2 Å². The number of nitrogen functional groups attached to an aromatic ring is 1. The number of rotatable bonds is 2. The zero-order valence-corrected chi connectivity index (χ0v) is 12.5. The van der Waals surface area contributed by atoms with Gasteiger partial charge in [0.1, 0.15) is 5.58 Å². The first-order valence-electron chi connectivity index (χ1n) is 7.34. The first-order chi connectivity index (χ1) is 11.1. The van der Waals surface area contributed by atoms with Crippen LogP contribution in [0.25, 0.3) is 33.0 Å². The molecule has 6 heteroatoms. The second-order valence-corrected chi connectivity index (χ2v) is 5.61. The summed E-state index contributed by atoms with van der Waals surface area (Å²) >= 11 is 0. The summed E-state index contributed by atoms with van der Waals surface area (Å²) in [6, 6.07) is 11.8. The number of benzene rings is 2. The maximum Gasteiger partial charge on any atom is 0.324 e. The van der Waals surface area contributed by atoms with E-state index in [0.29, 0.717) is 11.3 Å². The molecule has 23 heavy (non-hydrogen) atoms. The lowest BCUT2D eigenvalue weighted by Crippen LogP contribution is -2.26. The predicted octanol–water partition coefficient (Wildman–Crippen LogP) is 2.45. The summed E-state index contributed by atoms with van der Waals surface area (Å²) in [5.74, 6) is 0. The van der Waals surface area contributed by atoms with Crippen LogP contribution in [0.3, 0.4) is 0 Å². The molecule has 0 aliphatic heterocycles. The molecule has 0 saturated heterocycles. The van der Waals surface area contributed by atoms with Crippen LogP contribution < -0.4 is 11.2 Å². The number of furan rings is 1. The molecule has 2 aromatic carbocycles. The Morgan fingerprint density at radius 3 is 2.83 bits per heavy atom. The number of anilines is 1. The Labute approximate surface area is 132 Å². The van der Waals surface area contributed by atoms with Gasteiger partial charge >= 0.3 is 6.92 Å². The van der Waals surface area contributed by atoms with Crippen molar-refractivity contribution in [2.24, 2.45) is 0 Å². The van der Waals surface area contributed by atoms with E-state index >= 15 is 0 Å². The Morgan fingerprint density at radius 2 is 2.00 bits per heavy atom. The normalized spacial score (nSPS) is 11.2. The van der Waals surface area contributed by atoms with Gasteiger partial charge in [0, 0.05) is 10.8 Å². The largest absolute Gasteiger partial charge is 0.465 e. The Balaban J connectivity index is 1.95. The minimum atomic E-state index is -0.612. The summed E-state index contributed by atoms with van der Waals surface area (Å²) < 4.78 is 5.49. The molecule has 0 bridgehead atoms. The van der Waals surface area contributed by atoms with Crippen LogP contribution in [-0.4, -0.2) is 22.1 Å². The zero-order valence-electron chi connectivity index (χ0n) is 12.5. The Bertz CT molecular complexity index is 1030. The maximum atomic E-state index is 10.0. The number of hydrogen-bond donors (Lipinski definition) is 2. The van der Waals surface area contributed by atoms with E-state index in [1.54, 1.807) is 19.3 Å². The fourth-order valence-corrected chi connectivity index (χ4v) is 2.85. The number of fused-ring (bicyclic) bond motifs is 2. The summed E-state index contributed by atoms with van der Waals surface area (Å²) in [7, 11) is 0. The van der Waals surface area contributed by atoms with Crippen molar-refractivity contribution in [3.05, 3.63) is 48.9 Å². The van der Waals surface area contributed by atoms with E-state index < -0.39 is 6.92 Å². The van der Waals surface area contributed by atoms with Gasteiger partial charge in [-0.15, -0.1) is 0 Å². The highest BCUT2D eigenvalue weighted by Crippen LogP contribution is 2.28. The molecule has 2 heterocycles. The third-order valence-electron chi connectivity index (χ3n) is 4.03. The lowest BCUT2D eigenvalue weighted by molar-refractivity contribution is 0.589. The van der Waals surface area contributed by atoms with Crippen LogP contribution in [0, 0.1) is 0 Å². The molecule has 0 radical (unpaired) electrons. The van der Waals surface area contributed by atoms with Crippen molar-refractivity contribution in [3.8, 4) is 11.1 Å². The quantitative estimate of drug-likeness (QED) is 0.556. The van der Waals surface area contributed by atoms with Crippen molar-refractivity contribution >= 4 is 39.9 Å².